The van der Waals surface area contributed by atoms with Crippen molar-refractivity contribution in [3.05, 3.63) is 182 Å². The first-order valence-corrected chi connectivity index (χ1v) is 16.8. The lowest BCUT2D eigenvalue weighted by atomic mass is 10.00. The van der Waals surface area contributed by atoms with Crippen LogP contribution in [0.15, 0.2) is 182 Å². The highest BCUT2D eigenvalue weighted by molar-refractivity contribution is 5.83. The molecule has 0 fully saturated rings. The molecular formula is C45H30N6. The molecule has 0 aliphatic rings. The van der Waals surface area contributed by atoms with E-state index in [1.54, 1.807) is 0 Å². The third-order valence-corrected chi connectivity index (χ3v) is 8.96. The second kappa shape index (κ2) is 13.1. The highest BCUT2D eigenvalue weighted by Gasteiger charge is 2.16. The molecule has 0 aliphatic heterocycles. The van der Waals surface area contributed by atoms with Crippen molar-refractivity contribution in [2.24, 2.45) is 0 Å². The SMILES string of the molecule is c1ccc(-c2nc(-c3ccccc3)nc(-c3ccc(-c4ccc(-c5ccc(-c6nc7ccccc7n6-c6ccccc6)nc5)cc4)cc3)n2)cc1. The Hall–Kier alpha value is -7.05. The van der Waals surface area contributed by atoms with Crippen LogP contribution in [0.5, 0.6) is 0 Å². The van der Waals surface area contributed by atoms with Crippen molar-refractivity contribution in [2.45, 2.75) is 0 Å². The Morgan fingerprint density at radius 2 is 0.765 bits per heavy atom. The van der Waals surface area contributed by atoms with Gasteiger partial charge in [-0.2, -0.15) is 0 Å². The van der Waals surface area contributed by atoms with Gasteiger partial charge < -0.3 is 0 Å². The zero-order chi connectivity index (χ0) is 34.0. The van der Waals surface area contributed by atoms with Crippen LogP contribution >= 0.6 is 0 Å². The van der Waals surface area contributed by atoms with Gasteiger partial charge >= 0.3 is 0 Å². The van der Waals surface area contributed by atoms with Gasteiger partial charge in [0.25, 0.3) is 0 Å². The second-order valence-electron chi connectivity index (χ2n) is 12.2. The van der Waals surface area contributed by atoms with Gasteiger partial charge in [-0.25, -0.2) is 19.9 Å². The minimum atomic E-state index is 0.639. The van der Waals surface area contributed by atoms with Gasteiger partial charge in [0.15, 0.2) is 23.3 Å². The quantitative estimate of drug-likeness (QED) is 0.171. The lowest BCUT2D eigenvalue weighted by Crippen LogP contribution is -2.00. The van der Waals surface area contributed by atoms with Gasteiger partial charge in [0, 0.05) is 34.1 Å². The van der Waals surface area contributed by atoms with Crippen LogP contribution in [0.2, 0.25) is 0 Å². The van der Waals surface area contributed by atoms with Gasteiger partial charge in [0.05, 0.1) is 11.0 Å². The Balaban J connectivity index is 0.981. The van der Waals surface area contributed by atoms with Crippen molar-refractivity contribution in [1.29, 1.82) is 0 Å². The minimum Gasteiger partial charge on any atom is -0.291 e. The summed E-state index contributed by atoms with van der Waals surface area (Å²) in [6.45, 7) is 0. The molecule has 0 saturated heterocycles. The standard InChI is InChI=1S/C45H30N6/c1-4-12-34(13-5-1)42-48-43(35-14-6-2-7-15-35)50-44(49-42)36-26-24-32(25-27-36)31-20-22-33(23-21-31)37-28-29-40(46-30-37)45-47-39-18-10-11-19-41(39)51(45)38-16-8-3-9-17-38/h1-30H. The molecular weight excluding hydrogens is 625 g/mol. The number of hydrogen-bond donors (Lipinski definition) is 0. The van der Waals surface area contributed by atoms with Crippen molar-refractivity contribution in [1.82, 2.24) is 29.5 Å². The Bertz CT molecular complexity index is 2520. The maximum atomic E-state index is 4.96. The Labute approximate surface area is 295 Å². The fourth-order valence-electron chi connectivity index (χ4n) is 6.34. The Morgan fingerprint density at radius 1 is 0.333 bits per heavy atom. The maximum absolute atomic E-state index is 4.96. The first-order chi connectivity index (χ1) is 25.3. The third kappa shape index (κ3) is 5.96. The minimum absolute atomic E-state index is 0.639. The highest BCUT2D eigenvalue weighted by Crippen LogP contribution is 2.31. The van der Waals surface area contributed by atoms with Crippen molar-refractivity contribution < 1.29 is 0 Å². The summed E-state index contributed by atoms with van der Waals surface area (Å²) in [6, 6.07) is 59.7. The van der Waals surface area contributed by atoms with Gasteiger partial charge in [-0.05, 0) is 47.0 Å². The number of hydrogen-bond acceptors (Lipinski definition) is 5. The molecule has 3 heterocycles. The van der Waals surface area contributed by atoms with Gasteiger partial charge in [-0.1, -0.05) is 146 Å². The number of imidazole rings is 1. The van der Waals surface area contributed by atoms with E-state index in [-0.39, 0.29) is 0 Å². The molecule has 9 aromatic rings. The van der Waals surface area contributed by atoms with Gasteiger partial charge in [-0.3, -0.25) is 9.55 Å². The molecule has 6 nitrogen and oxygen atoms in total. The zero-order valence-electron chi connectivity index (χ0n) is 27.5. The molecule has 51 heavy (non-hydrogen) atoms. The summed E-state index contributed by atoms with van der Waals surface area (Å²) >= 11 is 0. The van der Waals surface area contributed by atoms with Gasteiger partial charge in [0.1, 0.15) is 5.69 Å². The molecule has 3 aromatic heterocycles. The molecule has 6 aromatic carbocycles. The van der Waals surface area contributed by atoms with E-state index in [0.717, 1.165) is 67.2 Å². The number of para-hydroxylation sites is 3. The number of aromatic nitrogens is 6. The number of nitrogens with zero attached hydrogens (tertiary/aromatic N) is 6. The smallest absolute Gasteiger partial charge is 0.164 e. The first kappa shape index (κ1) is 30.0. The van der Waals surface area contributed by atoms with E-state index in [0.29, 0.717) is 17.5 Å². The van der Waals surface area contributed by atoms with E-state index >= 15 is 0 Å². The van der Waals surface area contributed by atoms with E-state index in [1.807, 2.05) is 103 Å². The topological polar surface area (TPSA) is 69.4 Å². The molecule has 240 valence electrons. The van der Waals surface area contributed by atoms with Crippen molar-refractivity contribution in [3.8, 4) is 73.6 Å². The molecule has 0 unspecified atom stereocenters. The summed E-state index contributed by atoms with van der Waals surface area (Å²) in [5.41, 5.74) is 11.1. The number of fused-ring (bicyclic) bond motifs is 1. The van der Waals surface area contributed by atoms with Crippen molar-refractivity contribution >= 4 is 11.0 Å². The van der Waals surface area contributed by atoms with E-state index in [4.69, 9.17) is 24.9 Å². The predicted octanol–water partition coefficient (Wildman–Crippen LogP) is 10.6. The van der Waals surface area contributed by atoms with Gasteiger partial charge in [-0.15, -0.1) is 0 Å². The Morgan fingerprint density at radius 3 is 1.29 bits per heavy atom. The maximum Gasteiger partial charge on any atom is 0.164 e. The lowest BCUT2D eigenvalue weighted by Gasteiger charge is -2.10. The molecule has 0 atom stereocenters. The largest absolute Gasteiger partial charge is 0.291 e. The summed E-state index contributed by atoms with van der Waals surface area (Å²) in [7, 11) is 0. The van der Waals surface area contributed by atoms with Crippen LogP contribution < -0.4 is 0 Å². The number of rotatable bonds is 7. The highest BCUT2D eigenvalue weighted by atomic mass is 15.1. The zero-order valence-corrected chi connectivity index (χ0v) is 27.5. The molecule has 0 radical (unpaired) electrons. The second-order valence-corrected chi connectivity index (χ2v) is 12.2. The van der Waals surface area contributed by atoms with Crippen LogP contribution in [0.3, 0.4) is 0 Å². The van der Waals surface area contributed by atoms with Crippen molar-refractivity contribution in [2.75, 3.05) is 0 Å². The van der Waals surface area contributed by atoms with E-state index in [2.05, 4.69) is 83.4 Å². The molecule has 0 bridgehead atoms. The summed E-state index contributed by atoms with van der Waals surface area (Å²) in [5.74, 6) is 2.75. The molecule has 0 aliphatic carbocycles. The van der Waals surface area contributed by atoms with Crippen LogP contribution in [0, 0.1) is 0 Å². The number of pyridine rings is 1. The van der Waals surface area contributed by atoms with E-state index in [1.165, 1.54) is 0 Å². The molecule has 6 heteroatoms. The average Bonchev–Trinajstić information content (AvgIpc) is 3.62. The molecule has 0 saturated carbocycles. The first-order valence-electron chi connectivity index (χ1n) is 16.8. The Kier molecular flexibility index (Phi) is 7.72. The number of benzene rings is 6. The summed E-state index contributed by atoms with van der Waals surface area (Å²) < 4.78 is 2.17. The average molecular weight is 655 g/mol. The monoisotopic (exact) mass is 654 g/mol. The van der Waals surface area contributed by atoms with Crippen LogP contribution in [-0.2, 0) is 0 Å². The molecule has 9 rings (SSSR count). The summed E-state index contributed by atoms with van der Waals surface area (Å²) in [6.07, 6.45) is 1.93. The predicted molar refractivity (Wildman–Crippen MR) is 205 cm³/mol. The third-order valence-electron chi connectivity index (χ3n) is 8.96. The fourth-order valence-corrected chi connectivity index (χ4v) is 6.34. The van der Waals surface area contributed by atoms with E-state index < -0.39 is 0 Å². The molecule has 0 N–H and O–H groups in total. The fraction of sp³-hybridized carbons (Fsp3) is 0. The molecule has 0 spiro atoms. The summed E-state index contributed by atoms with van der Waals surface area (Å²) in [4.78, 5) is 24.4. The van der Waals surface area contributed by atoms with Gasteiger partial charge in [0.2, 0.25) is 0 Å². The molecule has 0 amide bonds. The van der Waals surface area contributed by atoms with E-state index in [9.17, 15) is 0 Å². The van der Waals surface area contributed by atoms with Crippen LogP contribution in [-0.4, -0.2) is 29.5 Å². The van der Waals surface area contributed by atoms with Crippen LogP contribution in [0.4, 0.5) is 0 Å². The lowest BCUT2D eigenvalue weighted by molar-refractivity contribution is 1.07. The normalized spacial score (nSPS) is 11.1. The van der Waals surface area contributed by atoms with Crippen LogP contribution in [0.25, 0.3) is 84.7 Å². The van der Waals surface area contributed by atoms with Crippen molar-refractivity contribution in [3.63, 3.8) is 0 Å². The summed E-state index contributed by atoms with van der Waals surface area (Å²) in [5, 5.41) is 0. The van der Waals surface area contributed by atoms with Crippen LogP contribution in [0.1, 0.15) is 0 Å².